The Kier molecular flexibility index (Phi) is 2.93. The van der Waals surface area contributed by atoms with Crippen molar-refractivity contribution in [2.24, 2.45) is 0 Å². The van der Waals surface area contributed by atoms with Gasteiger partial charge >= 0.3 is 0 Å². The molecule has 0 unspecified atom stereocenters. The van der Waals surface area contributed by atoms with E-state index in [2.05, 4.69) is 30.3 Å². The van der Waals surface area contributed by atoms with E-state index < -0.39 is 0 Å². The predicted molar refractivity (Wildman–Crippen MR) is 82.5 cm³/mol. The number of fused-ring (bicyclic) bond motifs is 1. The average molecular weight is 266 g/mol. The molecular weight excluding hydrogens is 248 g/mol. The van der Waals surface area contributed by atoms with Crippen LogP contribution in [0.3, 0.4) is 0 Å². The Balaban J connectivity index is 2.32. The molecule has 0 fully saturated rings. The number of nitrogen functional groups attached to an aromatic ring is 1. The number of nitrogens with two attached hydrogens (primary N) is 1. The quantitative estimate of drug-likeness (QED) is 0.721. The van der Waals surface area contributed by atoms with Crippen molar-refractivity contribution in [2.75, 3.05) is 5.73 Å². The van der Waals surface area contributed by atoms with Crippen LogP contribution in [-0.2, 0) is 0 Å². The van der Waals surface area contributed by atoms with E-state index in [9.17, 15) is 0 Å². The third kappa shape index (κ3) is 1.93. The summed E-state index contributed by atoms with van der Waals surface area (Å²) >= 11 is 0. The van der Waals surface area contributed by atoms with Crippen LogP contribution in [-0.4, -0.2) is 14.5 Å². The van der Waals surface area contributed by atoms with E-state index in [0.29, 0.717) is 6.04 Å². The van der Waals surface area contributed by atoms with Gasteiger partial charge in [0, 0.05) is 23.5 Å². The molecule has 0 aliphatic heterocycles. The molecule has 0 spiro atoms. The number of nitrogens with zero attached hydrogens (tertiary/aromatic N) is 3. The van der Waals surface area contributed by atoms with Crippen molar-refractivity contribution >= 4 is 16.7 Å². The Morgan fingerprint density at radius 3 is 2.70 bits per heavy atom. The highest BCUT2D eigenvalue weighted by Gasteiger charge is 2.16. The minimum Gasteiger partial charge on any atom is -0.399 e. The molecule has 0 bridgehead atoms. The molecule has 2 aromatic heterocycles. The van der Waals surface area contributed by atoms with Crippen LogP contribution in [0.5, 0.6) is 0 Å². The maximum absolute atomic E-state index is 5.84. The number of imidazole rings is 1. The number of hydrogen-bond donors (Lipinski definition) is 1. The van der Waals surface area contributed by atoms with E-state index >= 15 is 0 Å². The fourth-order valence-corrected chi connectivity index (χ4v) is 2.60. The molecule has 0 saturated carbocycles. The largest absolute Gasteiger partial charge is 0.399 e. The van der Waals surface area contributed by atoms with Crippen molar-refractivity contribution < 1.29 is 0 Å². The zero-order valence-corrected chi connectivity index (χ0v) is 12.0. The van der Waals surface area contributed by atoms with Crippen molar-refractivity contribution in [1.82, 2.24) is 14.5 Å². The van der Waals surface area contributed by atoms with Crippen molar-refractivity contribution in [3.05, 3.63) is 42.2 Å². The number of aromatic nitrogens is 3. The molecular formula is C16H18N4. The van der Waals surface area contributed by atoms with Crippen LogP contribution in [0.1, 0.15) is 25.5 Å². The molecule has 2 N–H and O–H groups in total. The zero-order valence-electron chi connectivity index (χ0n) is 12.0. The molecule has 4 heteroatoms. The number of pyridine rings is 1. The lowest BCUT2D eigenvalue weighted by Crippen LogP contribution is -2.04. The highest BCUT2D eigenvalue weighted by Crippen LogP contribution is 2.30. The third-order valence-electron chi connectivity index (χ3n) is 3.50. The summed E-state index contributed by atoms with van der Waals surface area (Å²) in [7, 11) is 0. The summed E-state index contributed by atoms with van der Waals surface area (Å²) in [5.74, 6) is 0.973. The van der Waals surface area contributed by atoms with Crippen LogP contribution in [0.2, 0.25) is 0 Å². The van der Waals surface area contributed by atoms with E-state index in [-0.39, 0.29) is 0 Å². The molecule has 0 atom stereocenters. The maximum Gasteiger partial charge on any atom is 0.141 e. The van der Waals surface area contributed by atoms with Gasteiger partial charge in [0.15, 0.2) is 0 Å². The van der Waals surface area contributed by atoms with Crippen molar-refractivity contribution in [3.8, 4) is 11.4 Å². The summed E-state index contributed by atoms with van der Waals surface area (Å²) in [6, 6.07) is 8.29. The van der Waals surface area contributed by atoms with Gasteiger partial charge in [-0.05, 0) is 50.6 Å². The van der Waals surface area contributed by atoms with Crippen LogP contribution in [0.4, 0.5) is 5.69 Å². The van der Waals surface area contributed by atoms with Gasteiger partial charge in [-0.2, -0.15) is 0 Å². The Bertz CT molecular complexity index is 771. The molecule has 1 aromatic carbocycles. The lowest BCUT2D eigenvalue weighted by Gasteiger charge is -2.14. The molecule has 2 heterocycles. The van der Waals surface area contributed by atoms with Gasteiger partial charge in [-0.15, -0.1) is 0 Å². The van der Waals surface area contributed by atoms with E-state index in [0.717, 1.165) is 33.7 Å². The fourth-order valence-electron chi connectivity index (χ4n) is 2.60. The number of rotatable bonds is 2. The van der Waals surface area contributed by atoms with E-state index in [1.165, 1.54) is 0 Å². The molecule has 0 aliphatic carbocycles. The van der Waals surface area contributed by atoms with Gasteiger partial charge < -0.3 is 10.3 Å². The first-order valence-electron chi connectivity index (χ1n) is 6.76. The summed E-state index contributed by atoms with van der Waals surface area (Å²) in [6.07, 6.45) is 3.62. The zero-order chi connectivity index (χ0) is 14.3. The Morgan fingerprint density at radius 2 is 2.00 bits per heavy atom. The molecule has 0 amide bonds. The first-order chi connectivity index (χ1) is 9.58. The maximum atomic E-state index is 5.84. The number of benzene rings is 1. The number of aryl methyl sites for hydroxylation is 1. The standard InChI is InChI=1S/C16H18N4/c1-10(2)20-15-6-7-18-9-14(15)19-16(20)13-5-4-12(17)8-11(13)3/h4-10H,17H2,1-3H3. The second-order valence-electron chi connectivity index (χ2n) is 5.34. The molecule has 0 radical (unpaired) electrons. The van der Waals surface area contributed by atoms with E-state index in [1.54, 1.807) is 0 Å². The van der Waals surface area contributed by atoms with Gasteiger partial charge in [-0.1, -0.05) is 0 Å². The number of hydrogen-bond acceptors (Lipinski definition) is 3. The molecule has 0 saturated heterocycles. The van der Waals surface area contributed by atoms with Crippen molar-refractivity contribution in [1.29, 1.82) is 0 Å². The molecule has 0 aliphatic rings. The van der Waals surface area contributed by atoms with E-state index in [4.69, 9.17) is 10.7 Å². The first kappa shape index (κ1) is 12.7. The van der Waals surface area contributed by atoms with Crippen molar-refractivity contribution in [2.45, 2.75) is 26.8 Å². The Labute approximate surface area is 118 Å². The highest BCUT2D eigenvalue weighted by molar-refractivity contribution is 5.81. The monoisotopic (exact) mass is 266 g/mol. The van der Waals surface area contributed by atoms with Gasteiger partial charge in [-0.25, -0.2) is 4.98 Å². The summed E-state index contributed by atoms with van der Waals surface area (Å²) in [4.78, 5) is 8.92. The van der Waals surface area contributed by atoms with Gasteiger partial charge in [0.2, 0.25) is 0 Å². The molecule has 102 valence electrons. The van der Waals surface area contributed by atoms with E-state index in [1.807, 2.05) is 36.7 Å². The molecule has 4 nitrogen and oxygen atoms in total. The summed E-state index contributed by atoms with van der Waals surface area (Å²) in [5.41, 5.74) is 10.9. The Morgan fingerprint density at radius 1 is 1.20 bits per heavy atom. The second-order valence-corrected chi connectivity index (χ2v) is 5.34. The molecule has 20 heavy (non-hydrogen) atoms. The van der Waals surface area contributed by atoms with Crippen LogP contribution < -0.4 is 5.73 Å². The lowest BCUT2D eigenvalue weighted by molar-refractivity contribution is 0.624. The minimum absolute atomic E-state index is 0.328. The topological polar surface area (TPSA) is 56.7 Å². The SMILES string of the molecule is Cc1cc(N)ccc1-c1nc2cnccc2n1C(C)C. The predicted octanol–water partition coefficient (Wildman–Crippen LogP) is 3.57. The highest BCUT2D eigenvalue weighted by atomic mass is 15.1. The van der Waals surface area contributed by atoms with Crippen LogP contribution in [0.25, 0.3) is 22.4 Å². The summed E-state index contributed by atoms with van der Waals surface area (Å²) in [6.45, 7) is 6.39. The van der Waals surface area contributed by atoms with Gasteiger partial charge in [-0.3, -0.25) is 4.98 Å². The molecule has 3 rings (SSSR count). The lowest BCUT2D eigenvalue weighted by atomic mass is 10.1. The smallest absolute Gasteiger partial charge is 0.141 e. The van der Waals surface area contributed by atoms with Crippen LogP contribution >= 0.6 is 0 Å². The van der Waals surface area contributed by atoms with Gasteiger partial charge in [0.25, 0.3) is 0 Å². The first-order valence-corrected chi connectivity index (χ1v) is 6.76. The second kappa shape index (κ2) is 4.63. The normalized spacial score (nSPS) is 11.4. The average Bonchev–Trinajstić information content (AvgIpc) is 2.77. The van der Waals surface area contributed by atoms with Gasteiger partial charge in [0.1, 0.15) is 11.3 Å². The Hall–Kier alpha value is -2.36. The van der Waals surface area contributed by atoms with Crippen molar-refractivity contribution in [3.63, 3.8) is 0 Å². The fraction of sp³-hybridized carbons (Fsp3) is 0.250. The summed E-state index contributed by atoms with van der Waals surface area (Å²) < 4.78 is 2.25. The summed E-state index contributed by atoms with van der Waals surface area (Å²) in [5, 5.41) is 0. The molecule has 3 aromatic rings. The van der Waals surface area contributed by atoms with Crippen LogP contribution in [0, 0.1) is 6.92 Å². The minimum atomic E-state index is 0.328. The van der Waals surface area contributed by atoms with Crippen LogP contribution in [0.15, 0.2) is 36.7 Å². The number of anilines is 1. The van der Waals surface area contributed by atoms with Gasteiger partial charge in [0.05, 0.1) is 11.7 Å². The third-order valence-corrected chi connectivity index (χ3v) is 3.50.